The van der Waals surface area contributed by atoms with Gasteiger partial charge < -0.3 is 14.7 Å². The monoisotopic (exact) mass is 320 g/mol. The number of rotatable bonds is 5. The first-order valence-corrected chi connectivity index (χ1v) is 7.96. The van der Waals surface area contributed by atoms with Crippen LogP contribution in [0.1, 0.15) is 56.3 Å². The number of carbonyl (C=O) groups excluding carboxylic acids is 1. The maximum Gasteiger partial charge on any atom is 0.329 e. The molecule has 0 saturated heterocycles. The third-order valence-corrected chi connectivity index (χ3v) is 4.49. The Labute approximate surface area is 136 Å². The van der Waals surface area contributed by atoms with Crippen molar-refractivity contribution >= 4 is 11.9 Å². The van der Waals surface area contributed by atoms with E-state index in [1.807, 2.05) is 0 Å². The molecule has 1 amide bonds. The number of aromatic nitrogens is 1. The van der Waals surface area contributed by atoms with Crippen molar-refractivity contribution in [2.45, 2.75) is 57.6 Å². The Morgan fingerprint density at radius 3 is 2.57 bits per heavy atom. The summed E-state index contributed by atoms with van der Waals surface area (Å²) in [5.74, 6) is -1.00. The SMILES string of the molecule is CN(C(=O)c1ccnc(OC2CCCCC2)c1)C(C)(C)C(=O)O. The van der Waals surface area contributed by atoms with Crippen molar-refractivity contribution in [1.82, 2.24) is 9.88 Å². The third-order valence-electron chi connectivity index (χ3n) is 4.49. The molecular weight excluding hydrogens is 296 g/mol. The molecule has 6 heteroatoms. The minimum Gasteiger partial charge on any atom is -0.480 e. The van der Waals surface area contributed by atoms with Gasteiger partial charge in [-0.1, -0.05) is 6.42 Å². The van der Waals surface area contributed by atoms with Gasteiger partial charge in [0, 0.05) is 24.9 Å². The molecule has 0 radical (unpaired) electrons. The smallest absolute Gasteiger partial charge is 0.329 e. The first-order valence-electron chi connectivity index (χ1n) is 7.96. The van der Waals surface area contributed by atoms with Crippen LogP contribution in [-0.4, -0.2) is 45.6 Å². The highest BCUT2D eigenvalue weighted by Crippen LogP contribution is 2.23. The van der Waals surface area contributed by atoms with E-state index in [4.69, 9.17) is 4.74 Å². The highest BCUT2D eigenvalue weighted by atomic mass is 16.5. The lowest BCUT2D eigenvalue weighted by atomic mass is 9.98. The highest BCUT2D eigenvalue weighted by Gasteiger charge is 2.35. The van der Waals surface area contributed by atoms with Crippen LogP contribution in [0.2, 0.25) is 0 Å². The summed E-state index contributed by atoms with van der Waals surface area (Å²) in [6.07, 6.45) is 7.22. The normalized spacial score (nSPS) is 16.0. The first kappa shape index (κ1) is 17.2. The van der Waals surface area contributed by atoms with Crippen LogP contribution in [0.25, 0.3) is 0 Å². The van der Waals surface area contributed by atoms with Crippen molar-refractivity contribution < 1.29 is 19.4 Å². The molecule has 0 aromatic carbocycles. The number of aliphatic carboxylic acids is 1. The topological polar surface area (TPSA) is 79.7 Å². The van der Waals surface area contributed by atoms with Gasteiger partial charge in [0.1, 0.15) is 11.6 Å². The summed E-state index contributed by atoms with van der Waals surface area (Å²) in [4.78, 5) is 29.2. The summed E-state index contributed by atoms with van der Waals surface area (Å²) in [6.45, 7) is 2.99. The van der Waals surface area contributed by atoms with Crippen LogP contribution in [0.5, 0.6) is 5.88 Å². The zero-order valence-corrected chi connectivity index (χ0v) is 13.9. The molecule has 23 heavy (non-hydrogen) atoms. The lowest BCUT2D eigenvalue weighted by molar-refractivity contribution is -0.147. The van der Waals surface area contributed by atoms with Crippen molar-refractivity contribution in [2.24, 2.45) is 0 Å². The number of pyridine rings is 1. The molecule has 1 fully saturated rings. The summed E-state index contributed by atoms with van der Waals surface area (Å²) < 4.78 is 5.86. The van der Waals surface area contributed by atoms with E-state index in [0.717, 1.165) is 25.7 Å². The van der Waals surface area contributed by atoms with Crippen LogP contribution in [0, 0.1) is 0 Å². The van der Waals surface area contributed by atoms with Crippen molar-refractivity contribution in [1.29, 1.82) is 0 Å². The van der Waals surface area contributed by atoms with Gasteiger partial charge in [-0.3, -0.25) is 4.79 Å². The molecule has 0 atom stereocenters. The van der Waals surface area contributed by atoms with Crippen molar-refractivity contribution in [3.8, 4) is 5.88 Å². The molecule has 1 aliphatic carbocycles. The van der Waals surface area contributed by atoms with Crippen LogP contribution < -0.4 is 4.74 Å². The van der Waals surface area contributed by atoms with Crippen LogP contribution >= 0.6 is 0 Å². The second-order valence-corrected chi connectivity index (χ2v) is 6.49. The summed E-state index contributed by atoms with van der Waals surface area (Å²) >= 11 is 0. The van der Waals surface area contributed by atoms with Gasteiger partial charge in [-0.25, -0.2) is 9.78 Å². The van der Waals surface area contributed by atoms with E-state index in [1.165, 1.54) is 38.4 Å². The molecule has 2 rings (SSSR count). The van der Waals surface area contributed by atoms with Crippen molar-refractivity contribution in [2.75, 3.05) is 7.05 Å². The predicted molar refractivity (Wildman–Crippen MR) is 85.5 cm³/mol. The number of ether oxygens (including phenoxy) is 1. The number of carboxylic acids is 1. The molecule has 6 nitrogen and oxygen atoms in total. The summed E-state index contributed by atoms with van der Waals surface area (Å²) in [5.41, 5.74) is -0.910. The minimum atomic E-state index is -1.29. The van der Waals surface area contributed by atoms with Crippen LogP contribution in [0.4, 0.5) is 0 Å². The van der Waals surface area contributed by atoms with E-state index in [0.29, 0.717) is 11.4 Å². The van der Waals surface area contributed by atoms with Gasteiger partial charge >= 0.3 is 5.97 Å². The molecule has 0 bridgehead atoms. The molecule has 1 aromatic rings. The molecular formula is C17H24N2O4. The zero-order valence-electron chi connectivity index (χ0n) is 13.9. The number of carboxylic acid groups (broad SMARTS) is 1. The average Bonchev–Trinajstić information content (AvgIpc) is 2.54. The fourth-order valence-corrected chi connectivity index (χ4v) is 2.55. The molecule has 1 saturated carbocycles. The van der Waals surface area contributed by atoms with Crippen LogP contribution in [-0.2, 0) is 4.79 Å². The molecule has 1 N–H and O–H groups in total. The minimum absolute atomic E-state index is 0.148. The predicted octanol–water partition coefficient (Wildman–Crippen LogP) is 2.73. The Morgan fingerprint density at radius 2 is 1.96 bits per heavy atom. The van der Waals surface area contributed by atoms with Crippen molar-refractivity contribution in [3.63, 3.8) is 0 Å². The number of amides is 1. The Bertz CT molecular complexity index is 580. The van der Waals surface area contributed by atoms with Gasteiger partial charge in [0.05, 0.1) is 0 Å². The van der Waals surface area contributed by atoms with Gasteiger partial charge in [0.25, 0.3) is 5.91 Å². The number of hydrogen-bond donors (Lipinski definition) is 1. The maximum atomic E-state index is 12.5. The molecule has 0 spiro atoms. The van der Waals surface area contributed by atoms with E-state index < -0.39 is 11.5 Å². The van der Waals surface area contributed by atoms with Gasteiger partial charge in [0.15, 0.2) is 0 Å². The Morgan fingerprint density at radius 1 is 1.30 bits per heavy atom. The number of carbonyl (C=O) groups is 2. The summed E-state index contributed by atoms with van der Waals surface area (Å²) in [6, 6.07) is 3.16. The van der Waals surface area contributed by atoms with Crippen LogP contribution in [0.3, 0.4) is 0 Å². The second kappa shape index (κ2) is 6.98. The zero-order chi connectivity index (χ0) is 17.0. The summed E-state index contributed by atoms with van der Waals surface area (Å²) in [5, 5.41) is 9.25. The Kier molecular flexibility index (Phi) is 5.23. The van der Waals surface area contributed by atoms with Gasteiger partial charge in [-0.2, -0.15) is 0 Å². The molecule has 1 aromatic heterocycles. The molecule has 1 heterocycles. The number of likely N-dealkylation sites (N-methyl/N-ethyl adjacent to an activating group) is 1. The quantitative estimate of drug-likeness (QED) is 0.902. The lowest BCUT2D eigenvalue weighted by Gasteiger charge is -2.31. The number of hydrogen-bond acceptors (Lipinski definition) is 4. The Hall–Kier alpha value is -2.11. The van der Waals surface area contributed by atoms with E-state index in [-0.39, 0.29) is 12.0 Å². The molecule has 0 unspecified atom stereocenters. The third kappa shape index (κ3) is 4.00. The van der Waals surface area contributed by atoms with Crippen molar-refractivity contribution in [3.05, 3.63) is 23.9 Å². The van der Waals surface area contributed by atoms with E-state index in [1.54, 1.807) is 12.1 Å². The molecule has 0 aliphatic heterocycles. The van der Waals surface area contributed by atoms with Crippen LogP contribution in [0.15, 0.2) is 18.3 Å². The fourth-order valence-electron chi connectivity index (χ4n) is 2.55. The van der Waals surface area contributed by atoms with Gasteiger partial charge in [0.2, 0.25) is 5.88 Å². The van der Waals surface area contributed by atoms with E-state index in [9.17, 15) is 14.7 Å². The Balaban J connectivity index is 2.12. The molecule has 126 valence electrons. The average molecular weight is 320 g/mol. The number of nitrogens with zero attached hydrogens (tertiary/aromatic N) is 2. The second-order valence-electron chi connectivity index (χ2n) is 6.49. The summed E-state index contributed by atoms with van der Waals surface area (Å²) in [7, 11) is 1.48. The van der Waals surface area contributed by atoms with E-state index >= 15 is 0 Å². The van der Waals surface area contributed by atoms with Gasteiger partial charge in [-0.05, 0) is 45.6 Å². The van der Waals surface area contributed by atoms with Gasteiger partial charge in [-0.15, -0.1) is 0 Å². The fraction of sp³-hybridized carbons (Fsp3) is 0.588. The largest absolute Gasteiger partial charge is 0.480 e. The maximum absolute atomic E-state index is 12.5. The first-order chi connectivity index (χ1) is 10.8. The lowest BCUT2D eigenvalue weighted by Crippen LogP contribution is -2.50. The highest BCUT2D eigenvalue weighted by molar-refractivity contribution is 5.97. The standard InChI is InChI=1S/C17H24N2O4/c1-17(2,16(21)22)19(3)15(20)12-9-10-18-14(11-12)23-13-7-5-4-6-8-13/h9-11,13H,4-8H2,1-3H3,(H,21,22). The van der Waals surface area contributed by atoms with E-state index in [2.05, 4.69) is 4.98 Å². The molecule has 1 aliphatic rings.